The largest absolute Gasteiger partial charge is 0.548 e. The van der Waals surface area contributed by atoms with Gasteiger partial charge in [0.1, 0.15) is 12.6 Å². The van der Waals surface area contributed by atoms with Crippen molar-refractivity contribution in [3.8, 4) is 0 Å². The van der Waals surface area contributed by atoms with E-state index in [-0.39, 0.29) is 18.9 Å². The molecule has 9 heteroatoms. The average Bonchev–Trinajstić information content (AvgIpc) is 2.71. The fraction of sp³-hybridized carbons (Fsp3) is 0.200. The minimum atomic E-state index is -1.44. The molecule has 0 unspecified atom stereocenters. The lowest BCUT2D eigenvalue weighted by Gasteiger charge is -2.30. The Morgan fingerprint density at radius 2 is 1.76 bits per heavy atom. The van der Waals surface area contributed by atoms with E-state index in [1.807, 2.05) is 6.07 Å². The standard InChI is InChI=1S/C20H20N4O5/c25-17-12-24(16-9-5-4-8-14(16)22-17)20(29)23-15(19(28)21-11-18(26)27)10-13-6-2-1-3-7-13/h1-9,15H,10-12H2,(H,21,28)(H,22,25)(H,23,29)(H,26,27)/p-1/t15-/m0/s1. The molecule has 3 rings (SSSR count). The molecular formula is C20H19N4O5-. The summed E-state index contributed by atoms with van der Waals surface area (Å²) in [7, 11) is 0. The summed E-state index contributed by atoms with van der Waals surface area (Å²) in [5, 5.41) is 18.2. The molecule has 4 amide bonds. The monoisotopic (exact) mass is 395 g/mol. The Kier molecular flexibility index (Phi) is 6.08. The average molecular weight is 395 g/mol. The molecular weight excluding hydrogens is 376 g/mol. The van der Waals surface area contributed by atoms with E-state index < -0.39 is 30.5 Å². The van der Waals surface area contributed by atoms with Crippen LogP contribution in [0.4, 0.5) is 16.2 Å². The van der Waals surface area contributed by atoms with Crippen LogP contribution in [0.3, 0.4) is 0 Å². The maximum absolute atomic E-state index is 12.9. The smallest absolute Gasteiger partial charge is 0.323 e. The van der Waals surface area contributed by atoms with Crippen LogP contribution in [0.2, 0.25) is 0 Å². The minimum absolute atomic E-state index is 0.146. The number of urea groups is 1. The maximum Gasteiger partial charge on any atom is 0.323 e. The van der Waals surface area contributed by atoms with Crippen molar-refractivity contribution in [1.82, 2.24) is 10.6 Å². The first-order valence-electron chi connectivity index (χ1n) is 8.92. The molecule has 0 bridgehead atoms. The number of rotatable bonds is 6. The lowest BCUT2D eigenvalue weighted by atomic mass is 10.1. The van der Waals surface area contributed by atoms with Gasteiger partial charge in [-0.15, -0.1) is 0 Å². The Bertz CT molecular complexity index is 931. The maximum atomic E-state index is 12.9. The lowest BCUT2D eigenvalue weighted by Crippen LogP contribution is -2.55. The Hall–Kier alpha value is -3.88. The van der Waals surface area contributed by atoms with Crippen LogP contribution in [-0.2, 0) is 20.8 Å². The highest BCUT2D eigenvalue weighted by molar-refractivity contribution is 6.10. The van der Waals surface area contributed by atoms with Gasteiger partial charge in [-0.25, -0.2) is 4.79 Å². The van der Waals surface area contributed by atoms with Crippen molar-refractivity contribution in [1.29, 1.82) is 0 Å². The van der Waals surface area contributed by atoms with Crippen LogP contribution in [0.1, 0.15) is 5.56 Å². The predicted molar refractivity (Wildman–Crippen MR) is 103 cm³/mol. The van der Waals surface area contributed by atoms with Crippen LogP contribution in [0, 0.1) is 0 Å². The number of aliphatic carboxylic acids is 1. The number of carboxylic acid groups (broad SMARTS) is 1. The number of para-hydroxylation sites is 2. The van der Waals surface area contributed by atoms with Crippen LogP contribution in [-0.4, -0.2) is 42.9 Å². The molecule has 150 valence electrons. The van der Waals surface area contributed by atoms with Crippen molar-refractivity contribution in [3.05, 3.63) is 60.2 Å². The number of benzene rings is 2. The third-order valence-corrected chi connectivity index (χ3v) is 4.32. The van der Waals surface area contributed by atoms with Crippen molar-refractivity contribution in [2.24, 2.45) is 0 Å². The number of carboxylic acids is 1. The van der Waals surface area contributed by atoms with Gasteiger partial charge in [0.25, 0.3) is 0 Å². The van der Waals surface area contributed by atoms with Crippen molar-refractivity contribution in [2.45, 2.75) is 12.5 Å². The molecule has 1 heterocycles. The van der Waals surface area contributed by atoms with E-state index in [0.29, 0.717) is 11.4 Å². The number of nitrogens with one attached hydrogen (secondary N) is 3. The van der Waals surface area contributed by atoms with Crippen LogP contribution >= 0.6 is 0 Å². The zero-order valence-corrected chi connectivity index (χ0v) is 15.4. The van der Waals surface area contributed by atoms with Gasteiger partial charge in [-0.2, -0.15) is 0 Å². The van der Waals surface area contributed by atoms with E-state index in [4.69, 9.17) is 0 Å². The Labute approximate surface area is 166 Å². The second-order valence-electron chi connectivity index (χ2n) is 6.43. The van der Waals surface area contributed by atoms with E-state index in [2.05, 4.69) is 16.0 Å². The molecule has 1 atom stereocenters. The van der Waals surface area contributed by atoms with Crippen molar-refractivity contribution in [3.63, 3.8) is 0 Å². The van der Waals surface area contributed by atoms with E-state index in [1.54, 1.807) is 48.5 Å². The zero-order valence-electron chi connectivity index (χ0n) is 15.4. The number of fused-ring (bicyclic) bond motifs is 1. The molecule has 1 aliphatic rings. The first kappa shape index (κ1) is 19.9. The molecule has 0 aromatic heterocycles. The van der Waals surface area contributed by atoms with Gasteiger partial charge < -0.3 is 25.9 Å². The zero-order chi connectivity index (χ0) is 20.8. The first-order chi connectivity index (χ1) is 13.9. The Morgan fingerprint density at radius 3 is 2.48 bits per heavy atom. The number of amides is 4. The topological polar surface area (TPSA) is 131 Å². The molecule has 0 radical (unpaired) electrons. The second kappa shape index (κ2) is 8.87. The van der Waals surface area contributed by atoms with Crippen molar-refractivity contribution in [2.75, 3.05) is 23.3 Å². The normalized spacial score (nSPS) is 13.7. The number of nitrogens with zero attached hydrogens (tertiary/aromatic N) is 1. The molecule has 2 aromatic rings. The quantitative estimate of drug-likeness (QED) is 0.614. The van der Waals surface area contributed by atoms with Gasteiger partial charge in [0.15, 0.2) is 0 Å². The number of hydrogen-bond donors (Lipinski definition) is 3. The molecule has 29 heavy (non-hydrogen) atoms. The van der Waals surface area contributed by atoms with E-state index >= 15 is 0 Å². The SMILES string of the molecule is O=C([O-])CNC(=O)[C@H](Cc1ccccc1)NC(=O)N1CC(=O)Nc2ccccc21. The number of hydrogen-bond acceptors (Lipinski definition) is 5. The van der Waals surface area contributed by atoms with Gasteiger partial charge in [-0.3, -0.25) is 14.5 Å². The molecule has 3 N–H and O–H groups in total. The van der Waals surface area contributed by atoms with Gasteiger partial charge >= 0.3 is 6.03 Å². The minimum Gasteiger partial charge on any atom is -0.548 e. The van der Waals surface area contributed by atoms with Gasteiger partial charge in [0.05, 0.1) is 23.9 Å². The summed E-state index contributed by atoms with van der Waals surface area (Å²) in [5.74, 6) is -2.47. The second-order valence-corrected chi connectivity index (χ2v) is 6.43. The number of carbonyl (C=O) groups is 4. The summed E-state index contributed by atoms with van der Waals surface area (Å²) in [6.07, 6.45) is 0.146. The van der Waals surface area contributed by atoms with Gasteiger partial charge in [0.2, 0.25) is 11.8 Å². The molecule has 9 nitrogen and oxygen atoms in total. The van der Waals surface area contributed by atoms with E-state index in [9.17, 15) is 24.3 Å². The predicted octanol–water partition coefficient (Wildman–Crippen LogP) is -0.368. The van der Waals surface area contributed by atoms with Gasteiger partial charge in [0, 0.05) is 6.42 Å². The third kappa shape index (κ3) is 5.10. The summed E-state index contributed by atoms with van der Waals surface area (Å²) in [4.78, 5) is 49.2. The molecule has 0 fully saturated rings. The van der Waals surface area contributed by atoms with Crippen LogP contribution in [0.5, 0.6) is 0 Å². The fourth-order valence-electron chi connectivity index (χ4n) is 2.98. The summed E-state index contributed by atoms with van der Waals surface area (Å²) < 4.78 is 0. The lowest BCUT2D eigenvalue weighted by molar-refractivity contribution is -0.304. The van der Waals surface area contributed by atoms with Crippen LogP contribution in [0.25, 0.3) is 0 Å². The summed E-state index contributed by atoms with van der Waals surface area (Å²) in [5.41, 5.74) is 1.76. The van der Waals surface area contributed by atoms with Crippen LogP contribution < -0.4 is 26.0 Å². The summed E-state index contributed by atoms with van der Waals surface area (Å²) in [6.45, 7) is -0.878. The molecule has 2 aromatic carbocycles. The fourth-order valence-corrected chi connectivity index (χ4v) is 2.98. The highest BCUT2D eigenvalue weighted by Gasteiger charge is 2.30. The third-order valence-electron chi connectivity index (χ3n) is 4.32. The molecule has 1 aliphatic heterocycles. The molecule has 0 spiro atoms. The van der Waals surface area contributed by atoms with E-state index in [0.717, 1.165) is 5.56 Å². The van der Waals surface area contributed by atoms with Crippen molar-refractivity contribution < 1.29 is 24.3 Å². The molecule has 0 saturated carbocycles. The number of anilines is 2. The van der Waals surface area contributed by atoms with Gasteiger partial charge in [-0.1, -0.05) is 42.5 Å². The Morgan fingerprint density at radius 1 is 1.07 bits per heavy atom. The highest BCUT2D eigenvalue weighted by atomic mass is 16.4. The van der Waals surface area contributed by atoms with E-state index in [1.165, 1.54) is 4.90 Å². The van der Waals surface area contributed by atoms with Gasteiger partial charge in [-0.05, 0) is 17.7 Å². The number of carbonyl (C=O) groups excluding carboxylic acids is 4. The Balaban J connectivity index is 1.79. The molecule has 0 aliphatic carbocycles. The summed E-state index contributed by atoms with van der Waals surface area (Å²) in [6, 6.07) is 14.1. The van der Waals surface area contributed by atoms with Crippen molar-refractivity contribution >= 4 is 35.2 Å². The van der Waals surface area contributed by atoms with Crippen LogP contribution in [0.15, 0.2) is 54.6 Å². The first-order valence-corrected chi connectivity index (χ1v) is 8.92. The molecule has 0 saturated heterocycles. The highest BCUT2D eigenvalue weighted by Crippen LogP contribution is 2.28. The summed E-state index contributed by atoms with van der Waals surface area (Å²) >= 11 is 0.